The third kappa shape index (κ3) is 4.11. The van der Waals surface area contributed by atoms with Crippen LogP contribution in [-0.4, -0.2) is 5.91 Å². The zero-order valence-electron chi connectivity index (χ0n) is 10.9. The van der Waals surface area contributed by atoms with E-state index >= 15 is 0 Å². The molecule has 6 heteroatoms. The van der Waals surface area contributed by atoms with Gasteiger partial charge in [0.1, 0.15) is 5.76 Å². The van der Waals surface area contributed by atoms with Crippen molar-refractivity contribution in [1.29, 1.82) is 0 Å². The molecule has 1 heterocycles. The molecule has 4 nitrogen and oxygen atoms in total. The smallest absolute Gasteiger partial charge is 0.224 e. The molecule has 0 unspecified atom stereocenters. The predicted octanol–water partition coefficient (Wildman–Crippen LogP) is 4.77. The first kappa shape index (κ1) is 15.1. The largest absolute Gasteiger partial charge is 0.451 e. The third-order valence-electron chi connectivity index (χ3n) is 2.63. The summed E-state index contributed by atoms with van der Waals surface area (Å²) in [5.41, 5.74) is 1.70. The minimum atomic E-state index is 0.000968. The number of nitrogens with one attached hydrogen (secondary N) is 2. The van der Waals surface area contributed by atoms with Crippen LogP contribution in [0.2, 0.25) is 0 Å². The van der Waals surface area contributed by atoms with Crippen LogP contribution in [-0.2, 0) is 11.3 Å². The maximum Gasteiger partial charge on any atom is 0.224 e. The van der Waals surface area contributed by atoms with E-state index in [1.165, 1.54) is 0 Å². The first-order valence-electron chi connectivity index (χ1n) is 6.16. The summed E-state index contributed by atoms with van der Waals surface area (Å²) in [6, 6.07) is 9.48. The Morgan fingerprint density at radius 3 is 2.65 bits per heavy atom. The van der Waals surface area contributed by atoms with Crippen LogP contribution in [0.15, 0.2) is 43.9 Å². The Balaban J connectivity index is 1.99. The molecular weight excluding hydrogens is 388 g/mol. The van der Waals surface area contributed by atoms with E-state index in [1.54, 1.807) is 0 Å². The highest BCUT2D eigenvalue weighted by Crippen LogP contribution is 2.27. The summed E-state index contributed by atoms with van der Waals surface area (Å²) in [4.78, 5) is 11.4. The van der Waals surface area contributed by atoms with Gasteiger partial charge in [-0.2, -0.15) is 0 Å². The van der Waals surface area contributed by atoms with Gasteiger partial charge in [-0.15, -0.1) is 0 Å². The lowest BCUT2D eigenvalue weighted by Gasteiger charge is -2.08. The van der Waals surface area contributed by atoms with Crippen molar-refractivity contribution in [1.82, 2.24) is 0 Å². The molecule has 0 aliphatic carbocycles. The van der Waals surface area contributed by atoms with Crippen LogP contribution in [0.5, 0.6) is 0 Å². The summed E-state index contributed by atoms with van der Waals surface area (Å²) < 4.78 is 7.05. The molecular formula is C14H14Br2N2O2. The summed E-state index contributed by atoms with van der Waals surface area (Å²) in [5.74, 6) is 0.813. The minimum absolute atomic E-state index is 0.000968. The summed E-state index contributed by atoms with van der Waals surface area (Å²) in [6.07, 6.45) is 0.464. The maximum atomic E-state index is 11.4. The Morgan fingerprint density at radius 1 is 1.25 bits per heavy atom. The van der Waals surface area contributed by atoms with E-state index in [4.69, 9.17) is 4.42 Å². The van der Waals surface area contributed by atoms with Crippen LogP contribution in [0, 0.1) is 0 Å². The first-order valence-corrected chi connectivity index (χ1v) is 7.74. The monoisotopic (exact) mass is 400 g/mol. The number of anilines is 2. The number of furan rings is 1. The van der Waals surface area contributed by atoms with E-state index < -0.39 is 0 Å². The van der Waals surface area contributed by atoms with Gasteiger partial charge in [0.15, 0.2) is 4.67 Å². The zero-order valence-corrected chi connectivity index (χ0v) is 14.0. The molecule has 0 atom stereocenters. The van der Waals surface area contributed by atoms with Crippen LogP contribution >= 0.6 is 31.9 Å². The van der Waals surface area contributed by atoms with Crippen LogP contribution in [0.4, 0.5) is 11.4 Å². The summed E-state index contributed by atoms with van der Waals surface area (Å²) >= 11 is 6.67. The molecule has 0 fully saturated rings. The van der Waals surface area contributed by atoms with Crippen molar-refractivity contribution < 1.29 is 9.21 Å². The zero-order chi connectivity index (χ0) is 14.5. The summed E-state index contributed by atoms with van der Waals surface area (Å²) in [7, 11) is 0. The first-order chi connectivity index (χ1) is 9.58. The van der Waals surface area contributed by atoms with Crippen molar-refractivity contribution in [2.45, 2.75) is 19.9 Å². The SMILES string of the molecule is CCC(=O)Nc1cccc(NCc2cc(Br)c(Br)o2)c1. The van der Waals surface area contributed by atoms with Gasteiger partial charge < -0.3 is 15.1 Å². The molecule has 0 radical (unpaired) electrons. The fraction of sp³-hybridized carbons (Fsp3) is 0.214. The fourth-order valence-corrected chi connectivity index (χ4v) is 2.28. The van der Waals surface area contributed by atoms with Crippen molar-refractivity contribution >= 4 is 49.1 Å². The molecule has 106 valence electrons. The molecule has 0 spiro atoms. The Kier molecular flexibility index (Phi) is 5.25. The van der Waals surface area contributed by atoms with Crippen molar-refractivity contribution in [2.75, 3.05) is 10.6 Å². The van der Waals surface area contributed by atoms with E-state index in [-0.39, 0.29) is 5.91 Å². The lowest BCUT2D eigenvalue weighted by Crippen LogP contribution is -2.09. The molecule has 0 saturated heterocycles. The molecule has 0 aliphatic rings. The van der Waals surface area contributed by atoms with Gasteiger partial charge in [-0.3, -0.25) is 4.79 Å². The molecule has 1 amide bonds. The van der Waals surface area contributed by atoms with Crippen molar-refractivity contribution in [3.63, 3.8) is 0 Å². The van der Waals surface area contributed by atoms with Gasteiger partial charge in [0, 0.05) is 17.8 Å². The average Bonchev–Trinajstić information content (AvgIpc) is 2.76. The van der Waals surface area contributed by atoms with Gasteiger partial charge in [0.05, 0.1) is 11.0 Å². The third-order valence-corrected chi connectivity index (χ3v) is 4.34. The van der Waals surface area contributed by atoms with E-state index in [2.05, 4.69) is 42.5 Å². The molecule has 2 rings (SSSR count). The normalized spacial score (nSPS) is 10.3. The van der Waals surface area contributed by atoms with E-state index in [0.717, 1.165) is 21.6 Å². The van der Waals surface area contributed by atoms with Crippen LogP contribution in [0.25, 0.3) is 0 Å². The minimum Gasteiger partial charge on any atom is -0.451 e. The molecule has 2 aromatic rings. The lowest BCUT2D eigenvalue weighted by atomic mass is 10.2. The number of rotatable bonds is 5. The number of hydrogen-bond acceptors (Lipinski definition) is 3. The van der Waals surface area contributed by atoms with Crippen LogP contribution < -0.4 is 10.6 Å². The molecule has 2 N–H and O–H groups in total. The topological polar surface area (TPSA) is 54.3 Å². The van der Waals surface area contributed by atoms with Gasteiger partial charge in [0.2, 0.25) is 5.91 Å². The highest BCUT2D eigenvalue weighted by atomic mass is 79.9. The Morgan fingerprint density at radius 2 is 2.00 bits per heavy atom. The Hall–Kier alpha value is -1.27. The highest BCUT2D eigenvalue weighted by Gasteiger charge is 2.06. The molecule has 1 aromatic carbocycles. The van der Waals surface area contributed by atoms with Gasteiger partial charge in [-0.05, 0) is 56.1 Å². The number of hydrogen-bond donors (Lipinski definition) is 2. The van der Waals surface area contributed by atoms with Gasteiger partial charge >= 0.3 is 0 Å². The van der Waals surface area contributed by atoms with E-state index in [1.807, 2.05) is 37.3 Å². The molecule has 1 aromatic heterocycles. The molecule has 0 saturated carbocycles. The van der Waals surface area contributed by atoms with Crippen molar-refractivity contribution in [3.8, 4) is 0 Å². The van der Waals surface area contributed by atoms with E-state index in [9.17, 15) is 4.79 Å². The average molecular weight is 402 g/mol. The number of halogens is 2. The lowest BCUT2D eigenvalue weighted by molar-refractivity contribution is -0.115. The molecule has 0 aliphatic heterocycles. The summed E-state index contributed by atoms with van der Waals surface area (Å²) in [5, 5.41) is 6.07. The quantitative estimate of drug-likeness (QED) is 0.758. The predicted molar refractivity (Wildman–Crippen MR) is 86.8 cm³/mol. The second-order valence-electron chi connectivity index (χ2n) is 4.17. The Bertz CT molecular complexity index is 591. The Labute approximate surface area is 134 Å². The standard InChI is InChI=1S/C14H14Br2N2O2/c1-2-13(19)18-10-5-3-4-9(6-10)17-8-11-7-12(15)14(16)20-11/h3-7,17H,2,8H2,1H3,(H,18,19). The number of benzene rings is 1. The van der Waals surface area contributed by atoms with E-state index in [0.29, 0.717) is 17.6 Å². The van der Waals surface area contributed by atoms with Gasteiger partial charge in [-0.1, -0.05) is 13.0 Å². The van der Waals surface area contributed by atoms with Crippen LogP contribution in [0.1, 0.15) is 19.1 Å². The maximum absolute atomic E-state index is 11.4. The second-order valence-corrected chi connectivity index (χ2v) is 5.75. The number of carbonyl (C=O) groups excluding carboxylic acids is 1. The second kappa shape index (κ2) is 6.95. The van der Waals surface area contributed by atoms with Gasteiger partial charge in [0.25, 0.3) is 0 Å². The van der Waals surface area contributed by atoms with Crippen LogP contribution in [0.3, 0.4) is 0 Å². The fourth-order valence-electron chi connectivity index (χ4n) is 1.62. The number of amides is 1. The molecule has 20 heavy (non-hydrogen) atoms. The van der Waals surface area contributed by atoms with Gasteiger partial charge in [-0.25, -0.2) is 0 Å². The summed E-state index contributed by atoms with van der Waals surface area (Å²) in [6.45, 7) is 2.39. The number of carbonyl (C=O) groups is 1. The highest BCUT2D eigenvalue weighted by molar-refractivity contribution is 9.13. The molecule has 0 bridgehead atoms. The van der Waals surface area contributed by atoms with Crippen molar-refractivity contribution in [3.05, 3.63) is 45.2 Å². The van der Waals surface area contributed by atoms with Crippen molar-refractivity contribution in [2.24, 2.45) is 0 Å².